The van der Waals surface area contributed by atoms with Crippen LogP contribution in [0.3, 0.4) is 0 Å². The summed E-state index contributed by atoms with van der Waals surface area (Å²) in [5, 5.41) is 2.62. The molecule has 0 bridgehead atoms. The third-order valence-corrected chi connectivity index (χ3v) is 5.18. The van der Waals surface area contributed by atoms with Crippen molar-refractivity contribution in [1.82, 2.24) is 20.2 Å². The van der Waals surface area contributed by atoms with Gasteiger partial charge in [0.05, 0.1) is 18.4 Å². The van der Waals surface area contributed by atoms with Gasteiger partial charge in [-0.3, -0.25) is 4.79 Å². The number of nitrogens with zero attached hydrogens (tertiary/aromatic N) is 2. The molecule has 0 radical (unpaired) electrons. The largest absolute Gasteiger partial charge is 0.340 e. The Hall–Kier alpha value is -3.41. The van der Waals surface area contributed by atoms with Gasteiger partial charge in [-0.1, -0.05) is 60.2 Å². The lowest BCUT2D eigenvalue weighted by molar-refractivity contribution is -0.129. The number of imidazole rings is 1. The van der Waals surface area contributed by atoms with Crippen molar-refractivity contribution in [2.45, 2.75) is 25.8 Å². The summed E-state index contributed by atoms with van der Waals surface area (Å²) in [5.41, 5.74) is 3.12. The molecule has 0 spiro atoms. The van der Waals surface area contributed by atoms with Crippen molar-refractivity contribution in [2.24, 2.45) is 0 Å². The number of carbonyl (C=O) groups is 2. The van der Waals surface area contributed by atoms with Crippen molar-refractivity contribution in [3.05, 3.63) is 77.7 Å². The highest BCUT2D eigenvalue weighted by atomic mass is 16.2. The standard InChI is InChI=1S/C22H22N4O2/c1-15-8-10-17(11-9-15)18-13-23-20(25-18)22(2,12-16-6-4-3-5-7-16)26-19(27)14-24-21(26)28/h3-11,13H,12,14H2,1-2H3,(H,23,25)(H,24,28)/t22-/m0/s1. The van der Waals surface area contributed by atoms with Crippen LogP contribution >= 0.6 is 0 Å². The molecule has 0 saturated carbocycles. The summed E-state index contributed by atoms with van der Waals surface area (Å²) in [4.78, 5) is 34.2. The molecule has 2 aromatic carbocycles. The molecule has 142 valence electrons. The molecule has 6 nitrogen and oxygen atoms in total. The zero-order valence-corrected chi connectivity index (χ0v) is 15.9. The normalized spacial score (nSPS) is 16.1. The van der Waals surface area contributed by atoms with Gasteiger partial charge in [0.15, 0.2) is 0 Å². The van der Waals surface area contributed by atoms with Gasteiger partial charge in [-0.2, -0.15) is 0 Å². The molecule has 1 atom stereocenters. The molecule has 4 rings (SSSR count). The van der Waals surface area contributed by atoms with Gasteiger partial charge in [-0.05, 0) is 25.0 Å². The van der Waals surface area contributed by atoms with Gasteiger partial charge in [0.1, 0.15) is 11.4 Å². The molecule has 3 aromatic rings. The molecule has 1 aliphatic heterocycles. The van der Waals surface area contributed by atoms with Gasteiger partial charge in [0, 0.05) is 6.42 Å². The highest BCUT2D eigenvalue weighted by Gasteiger charge is 2.46. The molecule has 1 fully saturated rings. The first-order valence-electron chi connectivity index (χ1n) is 9.25. The van der Waals surface area contributed by atoms with Crippen molar-refractivity contribution in [2.75, 3.05) is 6.54 Å². The molecule has 28 heavy (non-hydrogen) atoms. The number of aromatic amines is 1. The third kappa shape index (κ3) is 3.17. The van der Waals surface area contributed by atoms with E-state index in [2.05, 4.69) is 15.3 Å². The van der Waals surface area contributed by atoms with Crippen molar-refractivity contribution in [1.29, 1.82) is 0 Å². The van der Waals surface area contributed by atoms with Crippen LogP contribution in [0.5, 0.6) is 0 Å². The van der Waals surface area contributed by atoms with Crippen LogP contribution in [0.4, 0.5) is 4.79 Å². The van der Waals surface area contributed by atoms with Crippen LogP contribution in [0.15, 0.2) is 60.8 Å². The Morgan fingerprint density at radius 1 is 1.07 bits per heavy atom. The first kappa shape index (κ1) is 18.0. The summed E-state index contributed by atoms with van der Waals surface area (Å²) >= 11 is 0. The summed E-state index contributed by atoms with van der Waals surface area (Å²) in [6.07, 6.45) is 2.22. The predicted molar refractivity (Wildman–Crippen MR) is 107 cm³/mol. The minimum absolute atomic E-state index is 0.00867. The van der Waals surface area contributed by atoms with Crippen molar-refractivity contribution in [3.8, 4) is 11.3 Å². The van der Waals surface area contributed by atoms with E-state index >= 15 is 0 Å². The fourth-order valence-corrected chi connectivity index (χ4v) is 3.66. The van der Waals surface area contributed by atoms with Gasteiger partial charge in [0.25, 0.3) is 5.91 Å². The van der Waals surface area contributed by atoms with E-state index < -0.39 is 11.6 Å². The average molecular weight is 374 g/mol. The molecule has 3 amide bonds. The van der Waals surface area contributed by atoms with E-state index in [0.717, 1.165) is 16.8 Å². The maximum Gasteiger partial charge on any atom is 0.325 e. The molecule has 0 aliphatic carbocycles. The quantitative estimate of drug-likeness (QED) is 0.672. The molecule has 6 heteroatoms. The van der Waals surface area contributed by atoms with E-state index in [1.165, 1.54) is 10.5 Å². The van der Waals surface area contributed by atoms with E-state index in [9.17, 15) is 9.59 Å². The van der Waals surface area contributed by atoms with Crippen LogP contribution in [0, 0.1) is 6.92 Å². The highest BCUT2D eigenvalue weighted by Crippen LogP contribution is 2.33. The van der Waals surface area contributed by atoms with Crippen LogP contribution in [0.2, 0.25) is 0 Å². The van der Waals surface area contributed by atoms with Gasteiger partial charge >= 0.3 is 6.03 Å². The topological polar surface area (TPSA) is 78.1 Å². The van der Waals surface area contributed by atoms with Gasteiger partial charge < -0.3 is 10.3 Å². The maximum absolute atomic E-state index is 12.5. The van der Waals surface area contributed by atoms with Gasteiger partial charge in [-0.25, -0.2) is 14.7 Å². The number of rotatable bonds is 5. The third-order valence-electron chi connectivity index (χ3n) is 5.18. The van der Waals surface area contributed by atoms with Crippen molar-refractivity contribution >= 4 is 11.9 Å². The second-order valence-corrected chi connectivity index (χ2v) is 7.34. The molecule has 1 aliphatic rings. The highest BCUT2D eigenvalue weighted by molar-refractivity contribution is 6.02. The molecule has 2 N–H and O–H groups in total. The molecular weight excluding hydrogens is 352 g/mol. The van der Waals surface area contributed by atoms with Gasteiger partial charge in [0.2, 0.25) is 0 Å². The fourth-order valence-electron chi connectivity index (χ4n) is 3.66. The Morgan fingerprint density at radius 3 is 2.43 bits per heavy atom. The Kier molecular flexibility index (Phi) is 4.47. The molecular formula is C22H22N4O2. The van der Waals surface area contributed by atoms with Crippen LogP contribution < -0.4 is 5.32 Å². The number of aryl methyl sites for hydroxylation is 1. The number of nitrogens with one attached hydrogen (secondary N) is 2. The predicted octanol–water partition coefficient (Wildman–Crippen LogP) is 3.39. The zero-order chi connectivity index (χ0) is 19.7. The summed E-state index contributed by atoms with van der Waals surface area (Å²) in [5.74, 6) is 0.328. The number of benzene rings is 2. The summed E-state index contributed by atoms with van der Waals surface area (Å²) in [6, 6.07) is 17.5. The maximum atomic E-state index is 12.5. The van der Waals surface area contributed by atoms with Crippen LogP contribution in [-0.2, 0) is 16.8 Å². The summed E-state index contributed by atoms with van der Waals surface area (Å²) < 4.78 is 0. The Bertz CT molecular complexity index is 995. The second-order valence-electron chi connectivity index (χ2n) is 7.34. The number of imide groups is 1. The van der Waals surface area contributed by atoms with E-state index in [1.54, 1.807) is 6.20 Å². The summed E-state index contributed by atoms with van der Waals surface area (Å²) in [6.45, 7) is 3.92. The molecule has 1 aromatic heterocycles. The first-order chi connectivity index (χ1) is 13.5. The van der Waals surface area contributed by atoms with E-state index in [0.29, 0.717) is 12.2 Å². The number of hydrogen-bond donors (Lipinski definition) is 2. The molecule has 2 heterocycles. The van der Waals surface area contributed by atoms with Gasteiger partial charge in [-0.15, -0.1) is 0 Å². The first-order valence-corrected chi connectivity index (χ1v) is 9.25. The number of hydrogen-bond acceptors (Lipinski definition) is 3. The number of aromatic nitrogens is 2. The minimum Gasteiger partial charge on any atom is -0.340 e. The molecule has 1 saturated heterocycles. The van der Waals surface area contributed by atoms with Crippen LogP contribution in [0.1, 0.15) is 23.9 Å². The zero-order valence-electron chi connectivity index (χ0n) is 15.9. The monoisotopic (exact) mass is 374 g/mol. The smallest absolute Gasteiger partial charge is 0.325 e. The Balaban J connectivity index is 1.76. The Labute approximate surface area is 163 Å². The number of carbonyl (C=O) groups excluding carboxylic acids is 2. The lowest BCUT2D eigenvalue weighted by atomic mass is 9.90. The molecule has 0 unspecified atom stereocenters. The average Bonchev–Trinajstić information content (AvgIpc) is 3.31. The second kappa shape index (κ2) is 6.96. The lowest BCUT2D eigenvalue weighted by Gasteiger charge is -2.35. The van der Waals surface area contributed by atoms with E-state index in [4.69, 9.17) is 0 Å². The van der Waals surface area contributed by atoms with Crippen molar-refractivity contribution < 1.29 is 9.59 Å². The minimum atomic E-state index is -0.929. The SMILES string of the molecule is Cc1ccc(-c2cnc([C@](C)(Cc3ccccc3)N3C(=O)CNC3=O)[nH]2)cc1. The van der Waals surface area contributed by atoms with Crippen LogP contribution in [0.25, 0.3) is 11.3 Å². The summed E-state index contributed by atoms with van der Waals surface area (Å²) in [7, 11) is 0. The number of amides is 3. The van der Waals surface area contributed by atoms with Crippen LogP contribution in [-0.4, -0.2) is 33.4 Å². The van der Waals surface area contributed by atoms with E-state index in [1.807, 2.05) is 68.4 Å². The van der Waals surface area contributed by atoms with Crippen molar-refractivity contribution in [3.63, 3.8) is 0 Å². The van der Waals surface area contributed by atoms with E-state index in [-0.39, 0.29) is 12.5 Å². The Morgan fingerprint density at radius 2 is 1.79 bits per heavy atom. The number of H-pyrrole nitrogens is 1. The lowest BCUT2D eigenvalue weighted by Crippen LogP contribution is -2.50. The number of urea groups is 1. The fraction of sp³-hybridized carbons (Fsp3) is 0.227.